The first-order valence-electron chi connectivity index (χ1n) is 7.06. The van der Waals surface area contributed by atoms with Gasteiger partial charge in [0.1, 0.15) is 0 Å². The summed E-state index contributed by atoms with van der Waals surface area (Å²) >= 11 is 0. The van der Waals surface area contributed by atoms with Crippen molar-refractivity contribution in [1.29, 1.82) is 0 Å². The Labute approximate surface area is 104 Å². The number of amides is 1. The number of fused-ring (bicyclic) bond motifs is 2. The Morgan fingerprint density at radius 1 is 1.35 bits per heavy atom. The van der Waals surface area contributed by atoms with Crippen molar-refractivity contribution in [2.45, 2.75) is 39.5 Å². The zero-order valence-corrected chi connectivity index (χ0v) is 11.1. The molecule has 2 saturated carbocycles. The molecule has 0 radical (unpaired) electrons. The molecule has 2 bridgehead atoms. The van der Waals surface area contributed by atoms with Crippen LogP contribution in [0.1, 0.15) is 39.5 Å². The van der Waals surface area contributed by atoms with E-state index in [9.17, 15) is 4.79 Å². The summed E-state index contributed by atoms with van der Waals surface area (Å²) < 4.78 is 0. The summed E-state index contributed by atoms with van der Waals surface area (Å²) in [5.74, 6) is 3.36. The fraction of sp³-hybridized carbons (Fsp3) is 0.929. The van der Waals surface area contributed by atoms with Crippen molar-refractivity contribution in [3.8, 4) is 0 Å². The van der Waals surface area contributed by atoms with E-state index >= 15 is 0 Å². The average Bonchev–Trinajstić information content (AvgIpc) is 2.91. The van der Waals surface area contributed by atoms with Gasteiger partial charge in [0.2, 0.25) is 5.91 Å². The molecule has 2 aliphatic rings. The number of nitrogens with zero attached hydrogens (tertiary/aromatic N) is 1. The minimum Gasteiger partial charge on any atom is -0.395 e. The monoisotopic (exact) mass is 239 g/mol. The molecule has 3 nitrogen and oxygen atoms in total. The second-order valence-electron chi connectivity index (χ2n) is 5.77. The molecule has 1 N–H and O–H groups in total. The van der Waals surface area contributed by atoms with Crippen LogP contribution in [-0.4, -0.2) is 35.6 Å². The lowest BCUT2D eigenvalue weighted by Gasteiger charge is -2.33. The van der Waals surface area contributed by atoms with Crippen LogP contribution in [-0.2, 0) is 4.79 Å². The predicted octanol–water partition coefficient (Wildman–Crippen LogP) is 1.90. The number of aliphatic hydroxyl groups excluding tert-OH is 1. The Morgan fingerprint density at radius 3 is 2.59 bits per heavy atom. The quantitative estimate of drug-likeness (QED) is 0.796. The first kappa shape index (κ1) is 12.9. The molecule has 0 aliphatic heterocycles. The van der Waals surface area contributed by atoms with E-state index in [1.807, 2.05) is 11.8 Å². The third-order valence-corrected chi connectivity index (χ3v) is 4.99. The van der Waals surface area contributed by atoms with Crippen LogP contribution in [0.25, 0.3) is 0 Å². The van der Waals surface area contributed by atoms with Gasteiger partial charge in [-0.05, 0) is 42.9 Å². The van der Waals surface area contributed by atoms with Crippen molar-refractivity contribution >= 4 is 5.91 Å². The minimum atomic E-state index is 0.0843. The molecule has 2 aliphatic carbocycles. The van der Waals surface area contributed by atoms with Crippen LogP contribution in [0.2, 0.25) is 0 Å². The number of hydrogen-bond acceptors (Lipinski definition) is 2. The average molecular weight is 239 g/mol. The van der Waals surface area contributed by atoms with Crippen LogP contribution in [0.15, 0.2) is 0 Å². The molecule has 0 spiro atoms. The fourth-order valence-corrected chi connectivity index (χ4v) is 3.93. The summed E-state index contributed by atoms with van der Waals surface area (Å²) in [5.41, 5.74) is 0. The summed E-state index contributed by atoms with van der Waals surface area (Å²) in [4.78, 5) is 13.7. The molecular formula is C14H25NO2. The van der Waals surface area contributed by atoms with E-state index in [4.69, 9.17) is 5.11 Å². The Hall–Kier alpha value is -0.570. The summed E-state index contributed by atoms with van der Waals surface area (Å²) in [6, 6.07) is 0. The molecule has 0 aromatic carbocycles. The number of carbonyl (C=O) groups is 1. The number of hydrogen-bond donors (Lipinski definition) is 1. The summed E-state index contributed by atoms with van der Waals surface area (Å²) in [6.07, 6.45) is 4.67. The highest BCUT2D eigenvalue weighted by atomic mass is 16.3. The molecule has 0 heterocycles. The lowest BCUT2D eigenvalue weighted by molar-refractivity contribution is -0.132. The van der Waals surface area contributed by atoms with E-state index in [1.165, 1.54) is 19.3 Å². The maximum Gasteiger partial charge on any atom is 0.222 e. The molecule has 0 saturated heterocycles. The molecule has 98 valence electrons. The van der Waals surface area contributed by atoms with Gasteiger partial charge in [-0.1, -0.05) is 13.8 Å². The van der Waals surface area contributed by atoms with E-state index in [0.29, 0.717) is 18.9 Å². The molecule has 2 fully saturated rings. The highest BCUT2D eigenvalue weighted by Crippen LogP contribution is 2.52. The lowest BCUT2D eigenvalue weighted by Crippen LogP contribution is -2.40. The van der Waals surface area contributed by atoms with Crippen molar-refractivity contribution < 1.29 is 9.90 Å². The molecule has 4 atom stereocenters. The van der Waals surface area contributed by atoms with Crippen LogP contribution in [0.5, 0.6) is 0 Å². The van der Waals surface area contributed by atoms with Gasteiger partial charge in [-0.3, -0.25) is 4.79 Å². The van der Waals surface area contributed by atoms with Gasteiger partial charge in [0, 0.05) is 19.5 Å². The van der Waals surface area contributed by atoms with Crippen molar-refractivity contribution in [1.82, 2.24) is 4.90 Å². The Morgan fingerprint density at radius 2 is 2.06 bits per heavy atom. The van der Waals surface area contributed by atoms with Crippen molar-refractivity contribution in [2.75, 3.05) is 19.7 Å². The summed E-state index contributed by atoms with van der Waals surface area (Å²) in [7, 11) is 0. The molecular weight excluding hydrogens is 214 g/mol. The lowest BCUT2D eigenvalue weighted by atomic mass is 9.80. The maximum absolute atomic E-state index is 11.8. The minimum absolute atomic E-state index is 0.0843. The molecule has 0 aromatic rings. The molecule has 2 rings (SSSR count). The predicted molar refractivity (Wildman–Crippen MR) is 67.4 cm³/mol. The zero-order chi connectivity index (χ0) is 12.4. The van der Waals surface area contributed by atoms with E-state index in [1.54, 1.807) is 0 Å². The van der Waals surface area contributed by atoms with Crippen LogP contribution in [0.4, 0.5) is 0 Å². The second kappa shape index (κ2) is 5.38. The van der Waals surface area contributed by atoms with Crippen LogP contribution >= 0.6 is 0 Å². The Bertz CT molecular complexity index is 277. The number of rotatable bonds is 5. The molecule has 17 heavy (non-hydrogen) atoms. The first-order chi connectivity index (χ1) is 8.17. The van der Waals surface area contributed by atoms with Gasteiger partial charge in [-0.2, -0.15) is 0 Å². The molecule has 4 unspecified atom stereocenters. The van der Waals surface area contributed by atoms with Gasteiger partial charge in [-0.25, -0.2) is 0 Å². The molecule has 3 heteroatoms. The highest BCUT2D eigenvalue weighted by Gasteiger charge is 2.45. The zero-order valence-electron chi connectivity index (χ0n) is 11.1. The third kappa shape index (κ3) is 2.49. The molecule has 1 amide bonds. The SMILES string of the molecule is CCC(=O)N(CCO)CC1C2CCC(C2)C1C. The van der Waals surface area contributed by atoms with Crippen LogP contribution in [0, 0.1) is 23.7 Å². The highest BCUT2D eigenvalue weighted by molar-refractivity contribution is 5.75. The Kier molecular flexibility index (Phi) is 4.08. The van der Waals surface area contributed by atoms with E-state index in [0.717, 1.165) is 24.3 Å². The van der Waals surface area contributed by atoms with Crippen molar-refractivity contribution in [2.24, 2.45) is 23.7 Å². The van der Waals surface area contributed by atoms with Gasteiger partial charge in [0.15, 0.2) is 0 Å². The number of carbonyl (C=O) groups excluding carboxylic acids is 1. The molecule has 0 aromatic heterocycles. The smallest absolute Gasteiger partial charge is 0.222 e. The summed E-state index contributed by atoms with van der Waals surface area (Å²) in [5, 5.41) is 9.06. The first-order valence-corrected chi connectivity index (χ1v) is 7.06. The van der Waals surface area contributed by atoms with E-state index < -0.39 is 0 Å². The van der Waals surface area contributed by atoms with Crippen LogP contribution in [0.3, 0.4) is 0 Å². The van der Waals surface area contributed by atoms with E-state index in [2.05, 4.69) is 6.92 Å². The van der Waals surface area contributed by atoms with Crippen molar-refractivity contribution in [3.05, 3.63) is 0 Å². The van der Waals surface area contributed by atoms with Crippen molar-refractivity contribution in [3.63, 3.8) is 0 Å². The van der Waals surface area contributed by atoms with Gasteiger partial charge < -0.3 is 10.0 Å². The standard InChI is InChI=1S/C14H25NO2/c1-3-14(17)15(6-7-16)9-13-10(2)11-4-5-12(13)8-11/h10-13,16H,3-9H2,1-2H3. The fourth-order valence-electron chi connectivity index (χ4n) is 3.93. The van der Waals surface area contributed by atoms with E-state index in [-0.39, 0.29) is 12.5 Å². The Balaban J connectivity index is 1.96. The number of aliphatic hydroxyl groups is 1. The van der Waals surface area contributed by atoms with Gasteiger partial charge in [0.05, 0.1) is 6.61 Å². The topological polar surface area (TPSA) is 40.5 Å². The van der Waals surface area contributed by atoms with Crippen LogP contribution < -0.4 is 0 Å². The second-order valence-corrected chi connectivity index (χ2v) is 5.77. The third-order valence-electron chi connectivity index (χ3n) is 4.99. The van der Waals surface area contributed by atoms with Gasteiger partial charge in [0.25, 0.3) is 0 Å². The maximum atomic E-state index is 11.8. The van der Waals surface area contributed by atoms with Gasteiger partial charge in [-0.15, -0.1) is 0 Å². The van der Waals surface area contributed by atoms with Gasteiger partial charge >= 0.3 is 0 Å². The largest absolute Gasteiger partial charge is 0.395 e. The normalized spacial score (nSPS) is 35.2. The summed E-state index contributed by atoms with van der Waals surface area (Å²) in [6.45, 7) is 5.71.